The second-order valence-electron chi connectivity index (χ2n) is 10.8. The van der Waals surface area contributed by atoms with Crippen molar-refractivity contribution in [2.75, 3.05) is 0 Å². The Kier molecular flexibility index (Phi) is 4.22. The largest absolute Gasteiger partial charge is 0.494 e. The highest BCUT2D eigenvalue weighted by atomic mass is 16.7. The van der Waals surface area contributed by atoms with Gasteiger partial charge in [0.1, 0.15) is 0 Å². The molecule has 4 aliphatic rings. The summed E-state index contributed by atoms with van der Waals surface area (Å²) in [6, 6.07) is 15.2. The van der Waals surface area contributed by atoms with E-state index >= 15 is 0 Å². The average molecular weight is 441 g/mol. The van der Waals surface area contributed by atoms with E-state index in [1.165, 1.54) is 16.0 Å². The second kappa shape index (κ2) is 6.68. The highest BCUT2D eigenvalue weighted by Gasteiger charge is 2.56. The number of imide groups is 1. The number of carbonyl (C=O) groups is 2. The van der Waals surface area contributed by atoms with E-state index in [-0.39, 0.29) is 11.8 Å². The van der Waals surface area contributed by atoms with Gasteiger partial charge in [0.25, 0.3) is 11.8 Å². The zero-order valence-electron chi connectivity index (χ0n) is 19.6. The van der Waals surface area contributed by atoms with Crippen LogP contribution in [0, 0.1) is 0 Å². The van der Waals surface area contributed by atoms with E-state index in [2.05, 4.69) is 0 Å². The zero-order chi connectivity index (χ0) is 23.2. The average Bonchev–Trinajstić information content (AvgIpc) is 3.51. The van der Waals surface area contributed by atoms with Crippen LogP contribution in [-0.2, 0) is 14.8 Å². The van der Waals surface area contributed by atoms with Crippen LogP contribution in [0.25, 0.3) is 0 Å². The molecule has 0 radical (unpaired) electrons. The van der Waals surface area contributed by atoms with Crippen LogP contribution in [0.3, 0.4) is 0 Å². The molecule has 1 saturated heterocycles. The molecule has 0 spiro atoms. The number of amides is 2. The van der Waals surface area contributed by atoms with E-state index in [0.29, 0.717) is 11.1 Å². The molecule has 0 N–H and O–H groups in total. The molecule has 6 heteroatoms. The number of rotatable bonds is 3. The molecule has 5 nitrogen and oxygen atoms in total. The summed E-state index contributed by atoms with van der Waals surface area (Å²) in [5.41, 5.74) is 4.39. The SMILES string of the molecule is CC1(C)OB(c2ccc(C3(N4C(=O)c5ccccc5C4=O)CC(=C4CC4)C3)cc2)OC1(C)C. The number of hydrogen-bond acceptors (Lipinski definition) is 4. The first-order chi connectivity index (χ1) is 15.6. The van der Waals surface area contributed by atoms with E-state index < -0.39 is 23.9 Å². The third kappa shape index (κ3) is 2.93. The van der Waals surface area contributed by atoms with Crippen molar-refractivity contribution in [2.45, 2.75) is 70.1 Å². The molecular weight excluding hydrogens is 413 g/mol. The Morgan fingerprint density at radius 3 is 1.76 bits per heavy atom. The van der Waals surface area contributed by atoms with Crippen molar-refractivity contribution < 1.29 is 18.9 Å². The summed E-state index contributed by atoms with van der Waals surface area (Å²) in [6.45, 7) is 8.17. The number of allylic oxidation sites excluding steroid dienone is 1. The lowest BCUT2D eigenvalue weighted by molar-refractivity contribution is 0.00578. The van der Waals surface area contributed by atoms with Gasteiger partial charge in [0.15, 0.2) is 0 Å². The van der Waals surface area contributed by atoms with Gasteiger partial charge in [0.05, 0.1) is 27.9 Å². The highest BCUT2D eigenvalue weighted by molar-refractivity contribution is 6.62. The topological polar surface area (TPSA) is 55.8 Å². The smallest absolute Gasteiger partial charge is 0.399 e. The van der Waals surface area contributed by atoms with Crippen LogP contribution in [0.15, 0.2) is 59.7 Å². The standard InChI is InChI=1S/C27H28BNO4/c1-25(2)26(3,4)33-28(32-25)20-13-11-19(12-14-20)27(15-18(16-27)17-9-10-17)29-23(30)21-7-5-6-8-22(21)24(29)31/h5-8,11-14H,9-10,15-16H2,1-4H3. The zero-order valence-corrected chi connectivity index (χ0v) is 19.6. The summed E-state index contributed by atoms with van der Waals surface area (Å²) in [7, 11) is -0.440. The molecule has 2 saturated carbocycles. The Morgan fingerprint density at radius 1 is 0.758 bits per heavy atom. The van der Waals surface area contributed by atoms with Crippen LogP contribution < -0.4 is 5.46 Å². The van der Waals surface area contributed by atoms with Crippen LogP contribution in [0.5, 0.6) is 0 Å². The molecule has 2 amide bonds. The number of carbonyl (C=O) groups excluding carboxylic acids is 2. The fraction of sp³-hybridized carbons (Fsp3) is 0.407. The minimum atomic E-state index is -0.632. The molecule has 0 atom stereocenters. The van der Waals surface area contributed by atoms with Crippen molar-refractivity contribution in [3.63, 3.8) is 0 Å². The first kappa shape index (κ1) is 20.9. The van der Waals surface area contributed by atoms with Crippen molar-refractivity contribution in [1.82, 2.24) is 4.90 Å². The fourth-order valence-electron chi connectivity index (χ4n) is 5.32. The monoisotopic (exact) mass is 441 g/mol. The molecule has 3 fully saturated rings. The van der Waals surface area contributed by atoms with Gasteiger partial charge < -0.3 is 9.31 Å². The minimum absolute atomic E-state index is 0.189. The van der Waals surface area contributed by atoms with Gasteiger partial charge >= 0.3 is 7.12 Å². The van der Waals surface area contributed by atoms with Crippen molar-refractivity contribution in [2.24, 2.45) is 0 Å². The molecule has 2 aliphatic carbocycles. The molecule has 0 aromatic heterocycles. The Balaban J connectivity index is 1.36. The maximum Gasteiger partial charge on any atom is 0.494 e. The van der Waals surface area contributed by atoms with Gasteiger partial charge in [-0.1, -0.05) is 47.5 Å². The summed E-state index contributed by atoms with van der Waals surface area (Å²) in [5.74, 6) is -0.379. The van der Waals surface area contributed by atoms with Crippen LogP contribution in [0.2, 0.25) is 0 Å². The van der Waals surface area contributed by atoms with Crippen molar-refractivity contribution in [3.05, 3.63) is 76.4 Å². The van der Waals surface area contributed by atoms with Crippen molar-refractivity contribution >= 4 is 24.4 Å². The summed E-state index contributed by atoms with van der Waals surface area (Å²) < 4.78 is 12.4. The summed E-state index contributed by atoms with van der Waals surface area (Å²) in [5, 5.41) is 0. The highest BCUT2D eigenvalue weighted by Crippen LogP contribution is 2.56. The third-order valence-electron chi connectivity index (χ3n) is 8.21. The van der Waals surface area contributed by atoms with Crippen LogP contribution in [-0.4, -0.2) is 35.0 Å². The van der Waals surface area contributed by atoms with Gasteiger partial charge in [-0.3, -0.25) is 14.5 Å². The third-order valence-corrected chi connectivity index (χ3v) is 8.21. The fourth-order valence-corrected chi connectivity index (χ4v) is 5.32. The van der Waals surface area contributed by atoms with Gasteiger partial charge in [0.2, 0.25) is 0 Å². The molecule has 168 valence electrons. The maximum atomic E-state index is 13.4. The molecule has 0 unspecified atom stereocenters. The van der Waals surface area contributed by atoms with Gasteiger partial charge in [0, 0.05) is 0 Å². The van der Waals surface area contributed by atoms with Gasteiger partial charge in [-0.25, -0.2) is 0 Å². The maximum absolute atomic E-state index is 13.4. The molecule has 33 heavy (non-hydrogen) atoms. The summed E-state index contributed by atoms with van der Waals surface area (Å²) in [6.07, 6.45) is 3.75. The van der Waals surface area contributed by atoms with Gasteiger partial charge in [-0.15, -0.1) is 0 Å². The molecule has 2 aromatic rings. The van der Waals surface area contributed by atoms with E-state index in [9.17, 15) is 9.59 Å². The summed E-state index contributed by atoms with van der Waals surface area (Å²) in [4.78, 5) is 28.3. The van der Waals surface area contributed by atoms with Crippen LogP contribution >= 0.6 is 0 Å². The predicted molar refractivity (Wildman–Crippen MR) is 126 cm³/mol. The van der Waals surface area contributed by atoms with Gasteiger partial charge in [-0.05, 0) is 76.5 Å². The lowest BCUT2D eigenvalue weighted by Crippen LogP contribution is -2.55. The van der Waals surface area contributed by atoms with E-state index in [0.717, 1.165) is 36.7 Å². The van der Waals surface area contributed by atoms with Crippen molar-refractivity contribution in [3.8, 4) is 0 Å². The number of fused-ring (bicyclic) bond motifs is 1. The summed E-state index contributed by atoms with van der Waals surface area (Å²) >= 11 is 0. The lowest BCUT2D eigenvalue weighted by Gasteiger charge is -2.49. The second-order valence-corrected chi connectivity index (χ2v) is 10.8. The Labute approximate surface area is 194 Å². The first-order valence-corrected chi connectivity index (χ1v) is 11.8. The van der Waals surface area contributed by atoms with E-state index in [1.54, 1.807) is 12.1 Å². The molecule has 0 bridgehead atoms. The molecule has 6 rings (SSSR count). The van der Waals surface area contributed by atoms with E-state index in [1.807, 2.05) is 64.1 Å². The molecule has 2 aliphatic heterocycles. The molecular formula is C27H28BNO4. The van der Waals surface area contributed by atoms with Crippen molar-refractivity contribution in [1.29, 1.82) is 0 Å². The number of hydrogen-bond donors (Lipinski definition) is 0. The number of nitrogens with zero attached hydrogens (tertiary/aromatic N) is 1. The Bertz CT molecular complexity index is 1160. The van der Waals surface area contributed by atoms with Gasteiger partial charge in [-0.2, -0.15) is 0 Å². The lowest BCUT2D eigenvalue weighted by atomic mass is 9.66. The predicted octanol–water partition coefficient (Wildman–Crippen LogP) is 4.36. The van der Waals surface area contributed by atoms with Crippen LogP contribution in [0.4, 0.5) is 0 Å². The molecule has 2 heterocycles. The first-order valence-electron chi connectivity index (χ1n) is 11.8. The Morgan fingerprint density at radius 2 is 1.27 bits per heavy atom. The molecule has 2 aromatic carbocycles. The van der Waals surface area contributed by atoms with Crippen LogP contribution in [0.1, 0.15) is 79.7 Å². The number of benzene rings is 2. The Hall–Kier alpha value is -2.70. The normalized spacial score (nSPS) is 27.2. The minimum Gasteiger partial charge on any atom is -0.399 e. The quantitative estimate of drug-likeness (QED) is 0.404. The van der Waals surface area contributed by atoms with E-state index in [4.69, 9.17) is 9.31 Å².